The highest BCUT2D eigenvalue weighted by Gasteiger charge is 2.29. The van der Waals surface area contributed by atoms with E-state index in [2.05, 4.69) is 25.8 Å². The van der Waals surface area contributed by atoms with Gasteiger partial charge in [-0.25, -0.2) is 0 Å². The van der Waals surface area contributed by atoms with Crippen molar-refractivity contribution >= 4 is 5.91 Å². The molecule has 2 atom stereocenters. The van der Waals surface area contributed by atoms with Crippen LogP contribution in [0.15, 0.2) is 0 Å². The summed E-state index contributed by atoms with van der Waals surface area (Å²) in [5, 5.41) is 0. The van der Waals surface area contributed by atoms with Crippen LogP contribution in [0.4, 0.5) is 0 Å². The number of nitrogens with two attached hydrogens (primary N) is 1. The fourth-order valence-electron chi connectivity index (χ4n) is 2.54. The average molecular weight is 241 g/mol. The number of hydrogen-bond acceptors (Lipinski definition) is 3. The summed E-state index contributed by atoms with van der Waals surface area (Å²) in [6, 6.07) is 0.507. The van der Waals surface area contributed by atoms with Crippen LogP contribution in [0.1, 0.15) is 33.1 Å². The molecule has 0 aliphatic carbocycles. The van der Waals surface area contributed by atoms with Crippen molar-refractivity contribution in [3.8, 4) is 0 Å². The van der Waals surface area contributed by atoms with Crippen LogP contribution >= 0.6 is 0 Å². The molecule has 0 radical (unpaired) electrons. The predicted molar refractivity (Wildman–Crippen MR) is 70.7 cm³/mol. The number of hydrogen-bond donors (Lipinski definition) is 1. The monoisotopic (exact) mass is 241 g/mol. The molecular formula is C13H27N3O. The molecule has 1 amide bonds. The van der Waals surface area contributed by atoms with Crippen molar-refractivity contribution in [1.82, 2.24) is 9.80 Å². The van der Waals surface area contributed by atoms with Gasteiger partial charge in [0.2, 0.25) is 5.91 Å². The molecule has 1 rings (SSSR count). The Morgan fingerprint density at radius 3 is 2.65 bits per heavy atom. The quantitative estimate of drug-likeness (QED) is 0.778. The molecule has 4 heteroatoms. The number of piperazine rings is 1. The van der Waals surface area contributed by atoms with Crippen LogP contribution in [-0.2, 0) is 4.79 Å². The minimum atomic E-state index is 0.0286. The van der Waals surface area contributed by atoms with E-state index in [1.807, 2.05) is 4.90 Å². The van der Waals surface area contributed by atoms with E-state index in [0.29, 0.717) is 12.6 Å². The number of carbonyl (C=O) groups is 1. The summed E-state index contributed by atoms with van der Waals surface area (Å²) in [5.41, 5.74) is 5.70. The van der Waals surface area contributed by atoms with Gasteiger partial charge in [0.1, 0.15) is 0 Å². The van der Waals surface area contributed by atoms with Gasteiger partial charge in [-0.1, -0.05) is 20.3 Å². The third-order valence-electron chi connectivity index (χ3n) is 3.83. The van der Waals surface area contributed by atoms with Gasteiger partial charge in [-0.2, -0.15) is 0 Å². The Morgan fingerprint density at radius 2 is 2.12 bits per heavy atom. The predicted octanol–water partition coefficient (Wildman–Crippen LogP) is 0.914. The Hall–Kier alpha value is -0.610. The van der Waals surface area contributed by atoms with Gasteiger partial charge < -0.3 is 10.6 Å². The molecule has 2 N–H and O–H groups in total. The molecule has 0 saturated carbocycles. The number of carbonyl (C=O) groups excluding carboxylic acids is 1. The Bertz CT molecular complexity index is 245. The summed E-state index contributed by atoms with van der Waals surface area (Å²) in [6.45, 7) is 7.47. The van der Waals surface area contributed by atoms with Gasteiger partial charge in [0.15, 0.2) is 0 Å². The van der Waals surface area contributed by atoms with Crippen molar-refractivity contribution in [3.05, 3.63) is 0 Å². The lowest BCUT2D eigenvalue weighted by Gasteiger charge is -2.40. The van der Waals surface area contributed by atoms with Crippen LogP contribution < -0.4 is 5.73 Å². The largest absolute Gasteiger partial charge is 0.340 e. The van der Waals surface area contributed by atoms with E-state index in [0.717, 1.165) is 38.9 Å². The molecule has 0 spiro atoms. The number of rotatable bonds is 5. The highest BCUT2D eigenvalue weighted by Crippen LogP contribution is 2.15. The maximum Gasteiger partial charge on any atom is 0.227 e. The van der Waals surface area contributed by atoms with Crippen LogP contribution in [0.25, 0.3) is 0 Å². The lowest BCUT2D eigenvalue weighted by molar-refractivity contribution is -0.138. The SMILES string of the molecule is CCCC(CN)C(=O)N1CCN(C)C(CC)C1. The number of amides is 1. The van der Waals surface area contributed by atoms with Crippen molar-refractivity contribution in [1.29, 1.82) is 0 Å². The molecule has 4 nitrogen and oxygen atoms in total. The van der Waals surface area contributed by atoms with E-state index in [1.54, 1.807) is 0 Å². The topological polar surface area (TPSA) is 49.6 Å². The molecule has 0 bridgehead atoms. The van der Waals surface area contributed by atoms with E-state index in [4.69, 9.17) is 5.73 Å². The van der Waals surface area contributed by atoms with Crippen molar-refractivity contribution in [3.63, 3.8) is 0 Å². The zero-order valence-electron chi connectivity index (χ0n) is 11.5. The highest BCUT2D eigenvalue weighted by molar-refractivity contribution is 5.79. The lowest BCUT2D eigenvalue weighted by Crippen LogP contribution is -2.54. The highest BCUT2D eigenvalue weighted by atomic mass is 16.2. The first-order valence-electron chi connectivity index (χ1n) is 6.83. The van der Waals surface area contributed by atoms with Gasteiger partial charge in [-0.15, -0.1) is 0 Å². The van der Waals surface area contributed by atoms with Crippen molar-refractivity contribution < 1.29 is 4.79 Å². The van der Waals surface area contributed by atoms with Crippen LogP contribution in [0.2, 0.25) is 0 Å². The van der Waals surface area contributed by atoms with Crippen molar-refractivity contribution in [2.45, 2.75) is 39.2 Å². The molecule has 1 aliphatic rings. The van der Waals surface area contributed by atoms with Crippen molar-refractivity contribution in [2.75, 3.05) is 33.2 Å². The van der Waals surface area contributed by atoms with E-state index in [9.17, 15) is 4.79 Å². The summed E-state index contributed by atoms with van der Waals surface area (Å²) in [4.78, 5) is 16.7. The Labute approximate surface area is 105 Å². The Kier molecular flexibility index (Phi) is 5.92. The minimum Gasteiger partial charge on any atom is -0.340 e. The fraction of sp³-hybridized carbons (Fsp3) is 0.923. The maximum atomic E-state index is 12.3. The third-order valence-corrected chi connectivity index (χ3v) is 3.83. The van der Waals surface area contributed by atoms with Crippen LogP contribution in [0.5, 0.6) is 0 Å². The van der Waals surface area contributed by atoms with Crippen molar-refractivity contribution in [2.24, 2.45) is 11.7 Å². The van der Waals surface area contributed by atoms with E-state index in [1.165, 1.54) is 0 Å². The molecule has 0 aromatic heterocycles. The summed E-state index contributed by atoms with van der Waals surface area (Å²) < 4.78 is 0. The molecular weight excluding hydrogens is 214 g/mol. The van der Waals surface area contributed by atoms with Crippen LogP contribution in [0, 0.1) is 5.92 Å². The molecule has 100 valence electrons. The fourth-order valence-corrected chi connectivity index (χ4v) is 2.54. The molecule has 1 aliphatic heterocycles. The Morgan fingerprint density at radius 1 is 1.41 bits per heavy atom. The standard InChI is InChI=1S/C13H27N3O/c1-4-6-11(9-14)13(17)16-8-7-15(3)12(5-2)10-16/h11-12H,4-10,14H2,1-3H3. The van der Waals surface area contributed by atoms with E-state index >= 15 is 0 Å². The van der Waals surface area contributed by atoms with Crippen LogP contribution in [0.3, 0.4) is 0 Å². The molecule has 17 heavy (non-hydrogen) atoms. The number of nitrogens with zero attached hydrogens (tertiary/aromatic N) is 2. The summed E-state index contributed by atoms with van der Waals surface area (Å²) >= 11 is 0. The molecule has 1 saturated heterocycles. The molecule has 1 heterocycles. The smallest absolute Gasteiger partial charge is 0.227 e. The van der Waals surface area contributed by atoms with Gasteiger partial charge in [-0.05, 0) is 19.9 Å². The molecule has 1 fully saturated rings. The lowest BCUT2D eigenvalue weighted by atomic mass is 10.0. The first-order valence-corrected chi connectivity index (χ1v) is 6.83. The van der Waals surface area contributed by atoms with Gasteiger partial charge in [0.05, 0.1) is 5.92 Å². The van der Waals surface area contributed by atoms with E-state index < -0.39 is 0 Å². The second-order valence-electron chi connectivity index (χ2n) is 5.05. The third kappa shape index (κ3) is 3.68. The maximum absolute atomic E-state index is 12.3. The molecule has 2 unspecified atom stereocenters. The average Bonchev–Trinajstić information content (AvgIpc) is 2.35. The van der Waals surface area contributed by atoms with Gasteiger partial charge >= 0.3 is 0 Å². The molecule has 0 aromatic rings. The zero-order chi connectivity index (χ0) is 12.8. The minimum absolute atomic E-state index is 0.0286. The first-order chi connectivity index (χ1) is 8.13. The number of likely N-dealkylation sites (N-methyl/N-ethyl adjacent to an activating group) is 1. The van der Waals surface area contributed by atoms with Gasteiger partial charge in [0.25, 0.3) is 0 Å². The second-order valence-corrected chi connectivity index (χ2v) is 5.05. The zero-order valence-corrected chi connectivity index (χ0v) is 11.5. The summed E-state index contributed by atoms with van der Waals surface area (Å²) in [7, 11) is 2.14. The van der Waals surface area contributed by atoms with Gasteiger partial charge in [-0.3, -0.25) is 9.69 Å². The summed E-state index contributed by atoms with van der Waals surface area (Å²) in [6.07, 6.45) is 3.04. The molecule has 0 aromatic carbocycles. The van der Waals surface area contributed by atoms with Crippen LogP contribution in [-0.4, -0.2) is 55.0 Å². The Balaban J connectivity index is 2.57. The van der Waals surface area contributed by atoms with Gasteiger partial charge in [0, 0.05) is 32.2 Å². The van der Waals surface area contributed by atoms with E-state index in [-0.39, 0.29) is 11.8 Å². The summed E-state index contributed by atoms with van der Waals surface area (Å²) in [5.74, 6) is 0.293. The second kappa shape index (κ2) is 6.97. The normalized spacial score (nSPS) is 23.8. The first kappa shape index (κ1) is 14.5.